The van der Waals surface area contributed by atoms with Gasteiger partial charge in [-0.1, -0.05) is 13.0 Å². The summed E-state index contributed by atoms with van der Waals surface area (Å²) in [6, 6.07) is 6.71. The Bertz CT molecular complexity index is 510. The summed E-state index contributed by atoms with van der Waals surface area (Å²) in [5, 5.41) is 0. The second kappa shape index (κ2) is 6.84. The average Bonchev–Trinajstić information content (AvgIpc) is 3.00. The van der Waals surface area contributed by atoms with Gasteiger partial charge in [0.05, 0.1) is 5.75 Å². The Hall–Kier alpha value is -1.00. The van der Waals surface area contributed by atoms with E-state index < -0.39 is 0 Å². The molecule has 0 atom stereocenters. The first-order valence-electron chi connectivity index (χ1n) is 8.01. The summed E-state index contributed by atoms with van der Waals surface area (Å²) < 4.78 is 0. The van der Waals surface area contributed by atoms with E-state index in [2.05, 4.69) is 30.0 Å². The molecule has 3 nitrogen and oxygen atoms in total. The van der Waals surface area contributed by atoms with Gasteiger partial charge in [0.2, 0.25) is 5.91 Å². The van der Waals surface area contributed by atoms with Gasteiger partial charge < -0.3 is 9.80 Å². The lowest BCUT2D eigenvalue weighted by Crippen LogP contribution is -2.49. The van der Waals surface area contributed by atoms with E-state index in [1.165, 1.54) is 35.3 Å². The Morgan fingerprint density at radius 1 is 1.14 bits per heavy atom. The quantitative estimate of drug-likeness (QED) is 0.798. The molecule has 3 rings (SSSR count). The molecule has 1 amide bonds. The highest BCUT2D eigenvalue weighted by Gasteiger charge is 2.20. The summed E-state index contributed by atoms with van der Waals surface area (Å²) in [4.78, 5) is 18.0. The van der Waals surface area contributed by atoms with Crippen LogP contribution in [0.25, 0.3) is 0 Å². The predicted molar refractivity (Wildman–Crippen MR) is 87.9 cm³/mol. The fourth-order valence-corrected chi connectivity index (χ4v) is 4.05. The van der Waals surface area contributed by atoms with Crippen molar-refractivity contribution in [1.82, 2.24) is 9.80 Å². The number of nitrogens with zero attached hydrogens (tertiary/aromatic N) is 2. The predicted octanol–water partition coefficient (Wildman–Crippen LogP) is 2.43. The van der Waals surface area contributed by atoms with E-state index in [0.29, 0.717) is 5.75 Å². The molecule has 1 saturated heterocycles. The molecule has 0 radical (unpaired) electrons. The first kappa shape index (κ1) is 14.9. The number of hydrogen-bond donors (Lipinski definition) is 0. The van der Waals surface area contributed by atoms with Gasteiger partial charge in [-0.3, -0.25) is 4.79 Å². The standard InChI is InChI=1S/C17H24N2OS/c1-2-18-8-10-19(11-9-18)17(20)13-21-16-7-6-14-4-3-5-15(14)12-16/h6-7,12H,2-5,8-11,13H2,1H3. The van der Waals surface area contributed by atoms with Crippen LogP contribution in [0.2, 0.25) is 0 Å². The molecule has 21 heavy (non-hydrogen) atoms. The molecule has 0 N–H and O–H groups in total. The highest BCUT2D eigenvalue weighted by atomic mass is 32.2. The van der Waals surface area contributed by atoms with Crippen LogP contribution in [0, 0.1) is 0 Å². The van der Waals surface area contributed by atoms with Gasteiger partial charge in [-0.15, -0.1) is 11.8 Å². The molecule has 0 spiro atoms. The molecule has 1 heterocycles. The third kappa shape index (κ3) is 3.61. The van der Waals surface area contributed by atoms with Gasteiger partial charge in [0.1, 0.15) is 0 Å². The van der Waals surface area contributed by atoms with Crippen molar-refractivity contribution in [3.05, 3.63) is 29.3 Å². The van der Waals surface area contributed by atoms with E-state index in [0.717, 1.165) is 32.7 Å². The maximum atomic E-state index is 12.3. The normalized spacial score (nSPS) is 18.8. The first-order valence-corrected chi connectivity index (χ1v) is 8.99. The zero-order chi connectivity index (χ0) is 14.7. The molecule has 1 aliphatic carbocycles. The van der Waals surface area contributed by atoms with Crippen LogP contribution in [0.3, 0.4) is 0 Å². The van der Waals surface area contributed by atoms with Crippen molar-refractivity contribution in [3.63, 3.8) is 0 Å². The lowest BCUT2D eigenvalue weighted by atomic mass is 10.1. The molecular weight excluding hydrogens is 280 g/mol. The summed E-state index contributed by atoms with van der Waals surface area (Å²) in [6.07, 6.45) is 3.71. The molecule has 1 aromatic carbocycles. The summed E-state index contributed by atoms with van der Waals surface area (Å²) in [6.45, 7) is 7.08. The van der Waals surface area contributed by atoms with Crippen molar-refractivity contribution in [1.29, 1.82) is 0 Å². The molecule has 0 unspecified atom stereocenters. The van der Waals surface area contributed by atoms with Crippen LogP contribution in [-0.2, 0) is 17.6 Å². The smallest absolute Gasteiger partial charge is 0.233 e. The number of carbonyl (C=O) groups is 1. The van der Waals surface area contributed by atoms with Crippen molar-refractivity contribution in [3.8, 4) is 0 Å². The lowest BCUT2D eigenvalue weighted by Gasteiger charge is -2.34. The maximum absolute atomic E-state index is 12.3. The number of amides is 1. The van der Waals surface area contributed by atoms with Crippen LogP contribution in [0.4, 0.5) is 0 Å². The molecule has 0 bridgehead atoms. The van der Waals surface area contributed by atoms with Crippen molar-refractivity contribution < 1.29 is 4.79 Å². The molecule has 1 aliphatic heterocycles. The second-order valence-corrected chi connectivity index (χ2v) is 6.94. The monoisotopic (exact) mass is 304 g/mol. The fourth-order valence-electron chi connectivity index (χ4n) is 3.19. The van der Waals surface area contributed by atoms with Crippen LogP contribution in [0.1, 0.15) is 24.5 Å². The first-order chi connectivity index (χ1) is 10.3. The van der Waals surface area contributed by atoms with Gasteiger partial charge in [0.15, 0.2) is 0 Å². The number of aryl methyl sites for hydroxylation is 2. The number of piperazine rings is 1. The van der Waals surface area contributed by atoms with Crippen molar-refractivity contribution in [2.45, 2.75) is 31.1 Å². The number of fused-ring (bicyclic) bond motifs is 1. The second-order valence-electron chi connectivity index (χ2n) is 5.89. The summed E-state index contributed by atoms with van der Waals surface area (Å²) in [5.41, 5.74) is 2.99. The molecule has 1 aromatic rings. The minimum atomic E-state index is 0.288. The Kier molecular flexibility index (Phi) is 4.86. The average molecular weight is 304 g/mol. The van der Waals surface area contributed by atoms with Crippen LogP contribution in [-0.4, -0.2) is 54.2 Å². The zero-order valence-electron chi connectivity index (χ0n) is 12.8. The Balaban J connectivity index is 1.50. The topological polar surface area (TPSA) is 23.6 Å². The van der Waals surface area contributed by atoms with E-state index >= 15 is 0 Å². The Labute approximate surface area is 131 Å². The fraction of sp³-hybridized carbons (Fsp3) is 0.588. The Morgan fingerprint density at radius 3 is 2.67 bits per heavy atom. The number of hydrogen-bond acceptors (Lipinski definition) is 3. The number of carbonyl (C=O) groups excluding carboxylic acids is 1. The molecule has 4 heteroatoms. The molecule has 2 aliphatic rings. The van der Waals surface area contributed by atoms with Gasteiger partial charge in [-0.05, 0) is 49.1 Å². The maximum Gasteiger partial charge on any atom is 0.233 e. The number of rotatable bonds is 4. The molecule has 0 saturated carbocycles. The minimum absolute atomic E-state index is 0.288. The van der Waals surface area contributed by atoms with Crippen molar-refractivity contribution in [2.75, 3.05) is 38.5 Å². The van der Waals surface area contributed by atoms with Gasteiger partial charge in [-0.2, -0.15) is 0 Å². The largest absolute Gasteiger partial charge is 0.339 e. The summed E-state index contributed by atoms with van der Waals surface area (Å²) >= 11 is 1.69. The van der Waals surface area contributed by atoms with Gasteiger partial charge >= 0.3 is 0 Å². The van der Waals surface area contributed by atoms with E-state index in [1.807, 2.05) is 4.90 Å². The summed E-state index contributed by atoms with van der Waals surface area (Å²) in [5.74, 6) is 0.863. The molecule has 1 fully saturated rings. The molecular formula is C17H24N2OS. The number of benzene rings is 1. The van der Waals surface area contributed by atoms with Gasteiger partial charge in [-0.25, -0.2) is 0 Å². The highest BCUT2D eigenvalue weighted by molar-refractivity contribution is 8.00. The third-order valence-corrected chi connectivity index (χ3v) is 5.58. The van der Waals surface area contributed by atoms with Crippen LogP contribution in [0.15, 0.2) is 23.1 Å². The van der Waals surface area contributed by atoms with Crippen LogP contribution in [0.5, 0.6) is 0 Å². The van der Waals surface area contributed by atoms with E-state index in [-0.39, 0.29) is 5.91 Å². The zero-order valence-corrected chi connectivity index (χ0v) is 13.6. The molecule has 0 aromatic heterocycles. The lowest BCUT2D eigenvalue weighted by molar-refractivity contribution is -0.130. The SMILES string of the molecule is CCN1CCN(C(=O)CSc2ccc3c(c2)CCC3)CC1. The van der Waals surface area contributed by atoms with Crippen LogP contribution < -0.4 is 0 Å². The van der Waals surface area contributed by atoms with Crippen LogP contribution >= 0.6 is 11.8 Å². The van der Waals surface area contributed by atoms with Crippen molar-refractivity contribution in [2.24, 2.45) is 0 Å². The number of likely N-dealkylation sites (N-methyl/N-ethyl adjacent to an activating group) is 1. The highest BCUT2D eigenvalue weighted by Crippen LogP contribution is 2.27. The minimum Gasteiger partial charge on any atom is -0.339 e. The number of thioether (sulfide) groups is 1. The van der Waals surface area contributed by atoms with E-state index in [9.17, 15) is 4.79 Å². The van der Waals surface area contributed by atoms with Gasteiger partial charge in [0, 0.05) is 31.1 Å². The van der Waals surface area contributed by atoms with E-state index in [4.69, 9.17) is 0 Å². The summed E-state index contributed by atoms with van der Waals surface area (Å²) in [7, 11) is 0. The molecule has 114 valence electrons. The van der Waals surface area contributed by atoms with Gasteiger partial charge in [0.25, 0.3) is 0 Å². The van der Waals surface area contributed by atoms with Crippen molar-refractivity contribution >= 4 is 17.7 Å². The third-order valence-electron chi connectivity index (χ3n) is 4.60. The Morgan fingerprint density at radius 2 is 1.90 bits per heavy atom. The van der Waals surface area contributed by atoms with E-state index in [1.54, 1.807) is 11.8 Å².